The van der Waals surface area contributed by atoms with E-state index in [2.05, 4.69) is 20.7 Å². The number of hydrogen-bond donors (Lipinski definition) is 2. The molecule has 2 heterocycles. The summed E-state index contributed by atoms with van der Waals surface area (Å²) < 4.78 is 0. The number of nitrogens with zero attached hydrogens (tertiary/aromatic N) is 1. The van der Waals surface area contributed by atoms with Gasteiger partial charge in [0, 0.05) is 24.8 Å². The fourth-order valence-electron chi connectivity index (χ4n) is 0.590. The Bertz CT molecular complexity index is 214. The highest BCUT2D eigenvalue weighted by molar-refractivity contribution is 4.88. The monoisotopic (exact) mass is 193 g/mol. The first kappa shape index (κ1) is 12.3. The van der Waals surface area contributed by atoms with E-state index in [0.717, 1.165) is 0 Å². The molecule has 2 aromatic heterocycles. The van der Waals surface area contributed by atoms with Crippen LogP contribution in [0.5, 0.6) is 0 Å². The second kappa shape index (κ2) is 11.4. The van der Waals surface area contributed by atoms with E-state index >= 15 is 0 Å². The number of aromatic nitrogens is 2. The Morgan fingerprint density at radius 3 is 1.64 bits per heavy atom. The van der Waals surface area contributed by atoms with Crippen molar-refractivity contribution in [3.8, 4) is 0 Å². The van der Waals surface area contributed by atoms with Gasteiger partial charge in [0.05, 0.1) is 7.11 Å². The van der Waals surface area contributed by atoms with Crippen LogP contribution in [0.4, 0.5) is 0 Å². The zero-order valence-electron chi connectivity index (χ0n) is 8.13. The molecule has 0 fully saturated rings. The lowest BCUT2D eigenvalue weighted by atomic mass is 10.5. The summed E-state index contributed by atoms with van der Waals surface area (Å²) in [6, 6.07) is 9.60. The van der Waals surface area contributed by atoms with E-state index in [-0.39, 0.29) is 0 Å². The van der Waals surface area contributed by atoms with Gasteiger partial charge in [-0.25, -0.2) is 5.90 Å². The Kier molecular flexibility index (Phi) is 10.0. The number of H-pyrrole nitrogens is 1. The lowest BCUT2D eigenvalue weighted by molar-refractivity contribution is 0.206. The fraction of sp³-hybridized carbons (Fsp3) is 0.100. The van der Waals surface area contributed by atoms with Gasteiger partial charge in [-0.05, 0) is 24.3 Å². The summed E-state index contributed by atoms with van der Waals surface area (Å²) in [6.45, 7) is 0. The molecule has 0 radical (unpaired) electrons. The highest BCUT2D eigenvalue weighted by Gasteiger charge is 1.58. The van der Waals surface area contributed by atoms with Gasteiger partial charge in [0.1, 0.15) is 0 Å². The van der Waals surface area contributed by atoms with Gasteiger partial charge >= 0.3 is 0 Å². The third-order valence-electron chi connectivity index (χ3n) is 1.06. The molecule has 76 valence electrons. The molecule has 0 aliphatic carbocycles. The predicted molar refractivity (Wildman–Crippen MR) is 56.2 cm³/mol. The molecular formula is C10H15N3O. The van der Waals surface area contributed by atoms with E-state index in [0.29, 0.717) is 0 Å². The van der Waals surface area contributed by atoms with Crippen molar-refractivity contribution in [3.05, 3.63) is 55.1 Å². The first-order valence-corrected chi connectivity index (χ1v) is 4.07. The molecule has 2 rings (SSSR count). The standard InChI is InChI=1S/C5H5N.C4H5N.CH5NO/c1-2-4-6-5-3-1;1-2-4-5-3-1;1-3-2/h1-5H;1-5H;2H2,1H3. The van der Waals surface area contributed by atoms with Crippen LogP contribution in [0.1, 0.15) is 0 Å². The molecule has 0 atom stereocenters. The van der Waals surface area contributed by atoms with E-state index in [1.807, 2.05) is 42.7 Å². The van der Waals surface area contributed by atoms with Gasteiger partial charge in [0.2, 0.25) is 0 Å². The molecule has 4 heteroatoms. The maximum absolute atomic E-state index is 4.35. The number of hydrogen-bond acceptors (Lipinski definition) is 3. The van der Waals surface area contributed by atoms with E-state index in [1.165, 1.54) is 7.11 Å². The van der Waals surface area contributed by atoms with Crippen LogP contribution in [0.25, 0.3) is 0 Å². The zero-order valence-corrected chi connectivity index (χ0v) is 8.13. The van der Waals surface area contributed by atoms with Crippen molar-refractivity contribution in [2.24, 2.45) is 5.90 Å². The van der Waals surface area contributed by atoms with Gasteiger partial charge in [-0.15, -0.1) is 0 Å². The van der Waals surface area contributed by atoms with E-state index in [1.54, 1.807) is 12.4 Å². The molecule has 0 aliphatic heterocycles. The van der Waals surface area contributed by atoms with Crippen molar-refractivity contribution >= 4 is 0 Å². The van der Waals surface area contributed by atoms with Crippen molar-refractivity contribution in [2.45, 2.75) is 0 Å². The quantitative estimate of drug-likeness (QED) is 0.625. The van der Waals surface area contributed by atoms with E-state index in [4.69, 9.17) is 0 Å². The molecule has 2 aromatic rings. The molecule has 0 unspecified atom stereocenters. The lowest BCUT2D eigenvalue weighted by Gasteiger charge is -1.70. The molecule has 0 saturated carbocycles. The number of aromatic amines is 1. The average Bonchev–Trinajstić information content (AvgIpc) is 2.80. The Morgan fingerprint density at radius 2 is 1.50 bits per heavy atom. The van der Waals surface area contributed by atoms with Crippen LogP contribution < -0.4 is 5.90 Å². The minimum Gasteiger partial charge on any atom is -0.368 e. The highest BCUT2D eigenvalue weighted by Crippen LogP contribution is 1.73. The SMILES string of the molecule is CON.c1cc[nH]c1.c1ccncc1. The van der Waals surface area contributed by atoms with Crippen LogP contribution in [0.15, 0.2) is 55.1 Å². The Balaban J connectivity index is 0.000000193. The lowest BCUT2D eigenvalue weighted by Crippen LogP contribution is -1.86. The van der Waals surface area contributed by atoms with Crippen molar-refractivity contribution < 1.29 is 4.84 Å². The number of nitrogens with two attached hydrogens (primary N) is 1. The van der Waals surface area contributed by atoms with Crippen molar-refractivity contribution in [3.63, 3.8) is 0 Å². The fourth-order valence-corrected chi connectivity index (χ4v) is 0.590. The molecule has 14 heavy (non-hydrogen) atoms. The summed E-state index contributed by atoms with van der Waals surface area (Å²) in [5.74, 6) is 4.35. The molecule has 0 amide bonds. The minimum atomic E-state index is 1.40. The molecule has 3 N–H and O–H groups in total. The number of rotatable bonds is 0. The average molecular weight is 193 g/mol. The predicted octanol–water partition coefficient (Wildman–Crippen LogP) is 1.60. The largest absolute Gasteiger partial charge is 0.368 e. The van der Waals surface area contributed by atoms with Crippen molar-refractivity contribution in [1.82, 2.24) is 9.97 Å². The van der Waals surface area contributed by atoms with Gasteiger partial charge in [-0.1, -0.05) is 6.07 Å². The van der Waals surface area contributed by atoms with Crippen molar-refractivity contribution in [2.75, 3.05) is 7.11 Å². The summed E-state index contributed by atoms with van der Waals surface area (Å²) in [6.07, 6.45) is 7.25. The third-order valence-corrected chi connectivity index (χ3v) is 1.06. The van der Waals surface area contributed by atoms with Gasteiger partial charge < -0.3 is 9.82 Å². The second-order valence-corrected chi connectivity index (χ2v) is 2.15. The summed E-state index contributed by atoms with van der Waals surface area (Å²) in [7, 11) is 1.40. The minimum absolute atomic E-state index is 1.40. The smallest absolute Gasteiger partial charge is 0.0569 e. The van der Waals surface area contributed by atoms with Gasteiger partial charge in [0.25, 0.3) is 0 Å². The maximum atomic E-state index is 4.35. The molecule has 0 bridgehead atoms. The third kappa shape index (κ3) is 10.3. The summed E-state index contributed by atoms with van der Waals surface area (Å²) in [4.78, 5) is 10.4. The molecule has 0 aromatic carbocycles. The summed E-state index contributed by atoms with van der Waals surface area (Å²) >= 11 is 0. The van der Waals surface area contributed by atoms with Gasteiger partial charge in [-0.3, -0.25) is 4.98 Å². The first-order valence-electron chi connectivity index (χ1n) is 4.07. The molecule has 0 aliphatic rings. The first-order chi connectivity index (χ1) is 6.91. The van der Waals surface area contributed by atoms with Crippen LogP contribution in [-0.2, 0) is 4.84 Å². The summed E-state index contributed by atoms with van der Waals surface area (Å²) in [5.41, 5.74) is 0. The molecular weight excluding hydrogens is 178 g/mol. The van der Waals surface area contributed by atoms with E-state index < -0.39 is 0 Å². The highest BCUT2D eigenvalue weighted by atomic mass is 16.6. The van der Waals surface area contributed by atoms with Gasteiger partial charge in [-0.2, -0.15) is 0 Å². The Morgan fingerprint density at radius 1 is 1.00 bits per heavy atom. The van der Waals surface area contributed by atoms with Crippen LogP contribution in [-0.4, -0.2) is 17.1 Å². The Labute approximate surface area is 83.7 Å². The van der Waals surface area contributed by atoms with Gasteiger partial charge in [0.15, 0.2) is 0 Å². The normalized spacial score (nSPS) is 7.57. The maximum Gasteiger partial charge on any atom is 0.0569 e. The van der Waals surface area contributed by atoms with Crippen LogP contribution in [0.2, 0.25) is 0 Å². The van der Waals surface area contributed by atoms with Crippen LogP contribution in [0.3, 0.4) is 0 Å². The molecule has 0 spiro atoms. The zero-order chi connectivity index (χ0) is 10.5. The molecule has 0 saturated heterocycles. The van der Waals surface area contributed by atoms with Crippen molar-refractivity contribution in [1.29, 1.82) is 0 Å². The molecule has 4 nitrogen and oxygen atoms in total. The number of pyridine rings is 1. The van der Waals surface area contributed by atoms with Crippen LogP contribution in [0, 0.1) is 0 Å². The summed E-state index contributed by atoms with van der Waals surface area (Å²) in [5, 5.41) is 0. The number of nitrogens with one attached hydrogen (secondary N) is 1. The topological polar surface area (TPSA) is 63.9 Å². The van der Waals surface area contributed by atoms with E-state index in [9.17, 15) is 0 Å². The van der Waals surface area contributed by atoms with Crippen LogP contribution >= 0.6 is 0 Å². The Hall–Kier alpha value is -1.65. The second-order valence-electron chi connectivity index (χ2n) is 2.15.